The number of benzene rings is 2. The third-order valence-corrected chi connectivity index (χ3v) is 3.79. The summed E-state index contributed by atoms with van der Waals surface area (Å²) in [6, 6.07) is 10.6. The molecule has 0 atom stereocenters. The van der Waals surface area contributed by atoms with Crippen molar-refractivity contribution in [2.75, 3.05) is 20.0 Å². The van der Waals surface area contributed by atoms with Gasteiger partial charge in [0.25, 0.3) is 0 Å². The van der Waals surface area contributed by atoms with Crippen LogP contribution in [0.25, 0.3) is 0 Å². The van der Waals surface area contributed by atoms with E-state index in [9.17, 15) is 13.2 Å². The fraction of sp³-hybridized carbons (Fsp3) is 0.368. The van der Waals surface area contributed by atoms with Crippen molar-refractivity contribution >= 4 is 0 Å². The summed E-state index contributed by atoms with van der Waals surface area (Å²) in [7, 11) is 0. The van der Waals surface area contributed by atoms with Crippen LogP contribution in [0.4, 0.5) is 13.2 Å². The molecule has 5 nitrogen and oxygen atoms in total. The number of fused-ring (bicyclic) bond motifs is 1. The topological polar surface area (TPSA) is 49.0 Å². The molecule has 27 heavy (non-hydrogen) atoms. The maximum absolute atomic E-state index is 12.4. The van der Waals surface area contributed by atoms with Crippen molar-refractivity contribution in [3.8, 4) is 23.0 Å². The van der Waals surface area contributed by atoms with Crippen molar-refractivity contribution in [2.45, 2.75) is 26.2 Å². The Bertz CT molecular complexity index is 780. The Morgan fingerprint density at radius 2 is 1.63 bits per heavy atom. The van der Waals surface area contributed by atoms with E-state index in [0.29, 0.717) is 25.4 Å². The Hall–Kier alpha value is -2.61. The molecular formula is C19H20F3NO4. The van der Waals surface area contributed by atoms with Gasteiger partial charge < -0.3 is 24.3 Å². The highest BCUT2D eigenvalue weighted by Gasteiger charge is 2.29. The number of alkyl halides is 3. The molecular weight excluding hydrogens is 363 g/mol. The Morgan fingerprint density at radius 1 is 0.926 bits per heavy atom. The largest absolute Gasteiger partial charge is 0.490 e. The molecule has 0 radical (unpaired) electrons. The van der Waals surface area contributed by atoms with E-state index >= 15 is 0 Å². The molecule has 1 heterocycles. The second-order valence-corrected chi connectivity index (χ2v) is 5.91. The second kappa shape index (κ2) is 8.39. The van der Waals surface area contributed by atoms with E-state index in [1.165, 1.54) is 6.07 Å². The molecule has 0 spiro atoms. The molecule has 0 fully saturated rings. The standard InChI is InChI=1S/C19H20F3NO4/c1-2-24-17-7-13(3-5-15(17)25-11-19(20,21)22)9-23-10-14-4-6-16-18(8-14)27-12-26-16/h3-8,23H,2,9-12H2,1H3. The lowest BCUT2D eigenvalue weighted by atomic mass is 10.1. The molecule has 1 N–H and O–H groups in total. The average Bonchev–Trinajstić information content (AvgIpc) is 3.08. The highest BCUT2D eigenvalue weighted by molar-refractivity contribution is 5.45. The smallest absolute Gasteiger partial charge is 0.422 e. The van der Waals surface area contributed by atoms with E-state index in [1.807, 2.05) is 18.2 Å². The van der Waals surface area contributed by atoms with E-state index < -0.39 is 12.8 Å². The monoisotopic (exact) mass is 383 g/mol. The average molecular weight is 383 g/mol. The van der Waals surface area contributed by atoms with Gasteiger partial charge in [0.15, 0.2) is 29.6 Å². The zero-order valence-electron chi connectivity index (χ0n) is 14.8. The first-order chi connectivity index (χ1) is 12.9. The molecule has 1 aliphatic rings. The molecule has 2 aromatic rings. The SMILES string of the molecule is CCOc1cc(CNCc2ccc3c(c2)OCO3)ccc1OCC(F)(F)F. The summed E-state index contributed by atoms with van der Waals surface area (Å²) in [5.74, 6) is 1.83. The van der Waals surface area contributed by atoms with E-state index in [4.69, 9.17) is 18.9 Å². The van der Waals surface area contributed by atoms with E-state index in [-0.39, 0.29) is 12.5 Å². The van der Waals surface area contributed by atoms with Crippen LogP contribution in [0.15, 0.2) is 36.4 Å². The van der Waals surface area contributed by atoms with Gasteiger partial charge in [0.05, 0.1) is 6.61 Å². The van der Waals surface area contributed by atoms with E-state index in [1.54, 1.807) is 19.1 Å². The molecule has 0 saturated carbocycles. The first-order valence-corrected chi connectivity index (χ1v) is 8.49. The van der Waals surface area contributed by atoms with Crippen LogP contribution in [0.5, 0.6) is 23.0 Å². The van der Waals surface area contributed by atoms with Crippen LogP contribution >= 0.6 is 0 Å². The zero-order valence-corrected chi connectivity index (χ0v) is 14.8. The lowest BCUT2D eigenvalue weighted by molar-refractivity contribution is -0.153. The first-order valence-electron chi connectivity index (χ1n) is 8.49. The molecule has 0 aliphatic carbocycles. The van der Waals surface area contributed by atoms with Gasteiger partial charge >= 0.3 is 6.18 Å². The van der Waals surface area contributed by atoms with Gasteiger partial charge in [-0.05, 0) is 42.3 Å². The predicted molar refractivity (Wildman–Crippen MR) is 92.3 cm³/mol. The Balaban J connectivity index is 1.58. The fourth-order valence-corrected chi connectivity index (χ4v) is 2.61. The third-order valence-electron chi connectivity index (χ3n) is 3.79. The molecule has 0 bridgehead atoms. The minimum absolute atomic E-state index is 0.0775. The Kier molecular flexibility index (Phi) is 5.95. The maximum Gasteiger partial charge on any atom is 0.422 e. The van der Waals surface area contributed by atoms with Gasteiger partial charge in [-0.1, -0.05) is 12.1 Å². The summed E-state index contributed by atoms with van der Waals surface area (Å²) in [6.45, 7) is 2.10. The molecule has 1 aliphatic heterocycles. The van der Waals surface area contributed by atoms with Gasteiger partial charge in [-0.2, -0.15) is 13.2 Å². The van der Waals surface area contributed by atoms with Gasteiger partial charge in [-0.3, -0.25) is 0 Å². The molecule has 0 amide bonds. The number of hydrogen-bond donors (Lipinski definition) is 1. The molecule has 146 valence electrons. The van der Waals surface area contributed by atoms with Crippen LogP contribution in [0, 0.1) is 0 Å². The molecule has 3 rings (SSSR count). The van der Waals surface area contributed by atoms with E-state index in [2.05, 4.69) is 5.32 Å². The molecule has 0 aromatic heterocycles. The van der Waals surface area contributed by atoms with Gasteiger partial charge in [0.1, 0.15) is 0 Å². The Labute approximate surface area is 155 Å². The number of rotatable bonds is 8. The van der Waals surface area contributed by atoms with Gasteiger partial charge in [-0.15, -0.1) is 0 Å². The summed E-state index contributed by atoms with van der Waals surface area (Å²) < 4.78 is 57.9. The third kappa shape index (κ3) is 5.43. The highest BCUT2D eigenvalue weighted by Crippen LogP contribution is 2.33. The number of nitrogens with one attached hydrogen (secondary N) is 1. The second-order valence-electron chi connectivity index (χ2n) is 5.91. The summed E-state index contributed by atoms with van der Waals surface area (Å²) in [4.78, 5) is 0. The minimum Gasteiger partial charge on any atom is -0.490 e. The summed E-state index contributed by atoms with van der Waals surface area (Å²) in [6.07, 6.45) is -4.39. The summed E-state index contributed by atoms with van der Waals surface area (Å²) in [5.41, 5.74) is 1.91. The summed E-state index contributed by atoms with van der Waals surface area (Å²) in [5, 5.41) is 3.28. The van der Waals surface area contributed by atoms with Gasteiger partial charge in [-0.25, -0.2) is 0 Å². The number of halogens is 3. The quantitative estimate of drug-likeness (QED) is 0.746. The number of hydrogen-bond acceptors (Lipinski definition) is 5. The minimum atomic E-state index is -4.39. The van der Waals surface area contributed by atoms with Crippen molar-refractivity contribution in [3.63, 3.8) is 0 Å². The predicted octanol–water partition coefficient (Wildman–Crippen LogP) is 4.04. The van der Waals surface area contributed by atoms with Gasteiger partial charge in [0, 0.05) is 13.1 Å². The zero-order chi connectivity index (χ0) is 19.3. The van der Waals surface area contributed by atoms with Crippen LogP contribution < -0.4 is 24.3 Å². The first kappa shape index (κ1) is 19.2. The van der Waals surface area contributed by atoms with Crippen molar-refractivity contribution in [1.82, 2.24) is 5.32 Å². The molecule has 0 unspecified atom stereocenters. The maximum atomic E-state index is 12.4. The highest BCUT2D eigenvalue weighted by atomic mass is 19.4. The lowest BCUT2D eigenvalue weighted by Gasteiger charge is -2.15. The van der Waals surface area contributed by atoms with Gasteiger partial charge in [0.2, 0.25) is 6.79 Å². The van der Waals surface area contributed by atoms with Crippen LogP contribution in [-0.4, -0.2) is 26.2 Å². The molecule has 2 aromatic carbocycles. The van der Waals surface area contributed by atoms with Crippen LogP contribution in [-0.2, 0) is 13.1 Å². The molecule has 8 heteroatoms. The van der Waals surface area contributed by atoms with Crippen molar-refractivity contribution in [2.24, 2.45) is 0 Å². The fourth-order valence-electron chi connectivity index (χ4n) is 2.61. The Morgan fingerprint density at radius 3 is 2.37 bits per heavy atom. The normalized spacial score (nSPS) is 12.9. The van der Waals surface area contributed by atoms with Crippen LogP contribution in [0.2, 0.25) is 0 Å². The van der Waals surface area contributed by atoms with Crippen molar-refractivity contribution in [3.05, 3.63) is 47.5 Å². The van der Waals surface area contributed by atoms with Crippen LogP contribution in [0.1, 0.15) is 18.1 Å². The number of ether oxygens (including phenoxy) is 4. The van der Waals surface area contributed by atoms with Crippen LogP contribution in [0.3, 0.4) is 0 Å². The molecule has 0 saturated heterocycles. The lowest BCUT2D eigenvalue weighted by Crippen LogP contribution is -2.19. The van der Waals surface area contributed by atoms with Crippen molar-refractivity contribution in [1.29, 1.82) is 0 Å². The summed E-state index contributed by atoms with van der Waals surface area (Å²) >= 11 is 0. The van der Waals surface area contributed by atoms with E-state index in [0.717, 1.165) is 22.6 Å². The van der Waals surface area contributed by atoms with Crippen molar-refractivity contribution < 1.29 is 32.1 Å².